The second-order valence-electron chi connectivity index (χ2n) is 4.03. The number of carboxylic acids is 1. The van der Waals surface area contributed by atoms with Crippen LogP contribution in [0.15, 0.2) is 18.2 Å². The average molecular weight is 254 g/mol. The molecule has 6 nitrogen and oxygen atoms in total. The number of methoxy groups -OCH3 is 1. The highest BCUT2D eigenvalue weighted by Crippen LogP contribution is 2.25. The standard InChI is InChI=1S/C12H18N2O4/c1-14(6-8(15)7-18-2)10-5-3-4-9(11(10)13)12(16)17/h3-5,8,15H,6-7,13H2,1-2H3,(H,16,17). The van der Waals surface area contributed by atoms with Crippen molar-refractivity contribution >= 4 is 17.3 Å². The number of para-hydroxylation sites is 1. The number of aliphatic hydroxyl groups excluding tert-OH is 1. The number of nitrogens with two attached hydrogens (primary N) is 1. The van der Waals surface area contributed by atoms with Crippen LogP contribution in [0.4, 0.5) is 11.4 Å². The third-order valence-electron chi connectivity index (χ3n) is 2.57. The van der Waals surface area contributed by atoms with Gasteiger partial charge in [0.25, 0.3) is 0 Å². The number of aliphatic hydroxyl groups is 1. The molecule has 0 saturated heterocycles. The van der Waals surface area contributed by atoms with E-state index in [0.29, 0.717) is 12.2 Å². The molecule has 4 N–H and O–H groups in total. The molecule has 0 bridgehead atoms. The molecule has 0 spiro atoms. The Morgan fingerprint density at radius 2 is 2.22 bits per heavy atom. The Kier molecular flexibility index (Phi) is 4.94. The number of hydrogen-bond donors (Lipinski definition) is 3. The maximum Gasteiger partial charge on any atom is 0.337 e. The highest BCUT2D eigenvalue weighted by molar-refractivity contribution is 5.97. The summed E-state index contributed by atoms with van der Waals surface area (Å²) in [6, 6.07) is 4.77. The molecule has 0 amide bonds. The van der Waals surface area contributed by atoms with Gasteiger partial charge in [-0.25, -0.2) is 4.79 Å². The summed E-state index contributed by atoms with van der Waals surface area (Å²) in [4.78, 5) is 12.7. The van der Waals surface area contributed by atoms with Crippen LogP contribution in [-0.4, -0.2) is 49.6 Å². The molecular formula is C12H18N2O4. The monoisotopic (exact) mass is 254 g/mol. The first-order valence-electron chi connectivity index (χ1n) is 5.47. The van der Waals surface area contributed by atoms with Gasteiger partial charge in [-0.2, -0.15) is 0 Å². The van der Waals surface area contributed by atoms with Crippen LogP contribution in [0.25, 0.3) is 0 Å². The van der Waals surface area contributed by atoms with E-state index in [1.165, 1.54) is 13.2 Å². The molecule has 0 aliphatic heterocycles. The van der Waals surface area contributed by atoms with Crippen molar-refractivity contribution in [3.63, 3.8) is 0 Å². The average Bonchev–Trinajstić information content (AvgIpc) is 2.28. The SMILES string of the molecule is COCC(O)CN(C)c1cccc(C(=O)O)c1N. The molecule has 6 heteroatoms. The van der Waals surface area contributed by atoms with Crippen LogP contribution in [0.3, 0.4) is 0 Å². The number of likely N-dealkylation sites (N-methyl/N-ethyl adjacent to an activating group) is 1. The van der Waals surface area contributed by atoms with E-state index in [0.717, 1.165) is 0 Å². The van der Waals surface area contributed by atoms with Gasteiger partial charge >= 0.3 is 5.97 Å². The van der Waals surface area contributed by atoms with E-state index in [2.05, 4.69) is 0 Å². The lowest BCUT2D eigenvalue weighted by Crippen LogP contribution is -2.32. The summed E-state index contributed by atoms with van der Waals surface area (Å²) in [5.74, 6) is -1.07. The van der Waals surface area contributed by atoms with E-state index in [4.69, 9.17) is 15.6 Å². The van der Waals surface area contributed by atoms with Crippen LogP contribution in [0.2, 0.25) is 0 Å². The van der Waals surface area contributed by atoms with E-state index >= 15 is 0 Å². The molecule has 0 heterocycles. The summed E-state index contributed by atoms with van der Waals surface area (Å²) in [7, 11) is 3.23. The Labute approximate surface area is 106 Å². The maximum absolute atomic E-state index is 11.0. The lowest BCUT2D eigenvalue weighted by molar-refractivity contribution is 0.0695. The van der Waals surface area contributed by atoms with Crippen LogP contribution in [-0.2, 0) is 4.74 Å². The maximum atomic E-state index is 11.0. The minimum atomic E-state index is -1.07. The van der Waals surface area contributed by atoms with Gasteiger partial charge < -0.3 is 25.6 Å². The first-order chi connectivity index (χ1) is 8.47. The highest BCUT2D eigenvalue weighted by Gasteiger charge is 2.15. The summed E-state index contributed by atoms with van der Waals surface area (Å²) in [6.07, 6.45) is -0.659. The molecule has 1 atom stereocenters. The largest absolute Gasteiger partial charge is 0.478 e. The Morgan fingerprint density at radius 3 is 2.78 bits per heavy atom. The fourth-order valence-corrected chi connectivity index (χ4v) is 1.73. The van der Waals surface area contributed by atoms with Crippen LogP contribution >= 0.6 is 0 Å². The molecular weight excluding hydrogens is 236 g/mol. The Hall–Kier alpha value is -1.79. The van der Waals surface area contributed by atoms with E-state index in [1.54, 1.807) is 24.1 Å². The molecule has 0 aliphatic carbocycles. The van der Waals surface area contributed by atoms with Gasteiger partial charge in [0, 0.05) is 20.7 Å². The summed E-state index contributed by atoms with van der Waals surface area (Å²) in [5, 5.41) is 18.6. The molecule has 18 heavy (non-hydrogen) atoms. The van der Waals surface area contributed by atoms with Crippen molar-refractivity contribution in [2.45, 2.75) is 6.10 Å². The van der Waals surface area contributed by atoms with Crippen molar-refractivity contribution in [2.24, 2.45) is 0 Å². The number of carboxylic acid groups (broad SMARTS) is 1. The second-order valence-corrected chi connectivity index (χ2v) is 4.03. The zero-order valence-corrected chi connectivity index (χ0v) is 10.5. The topological polar surface area (TPSA) is 96.0 Å². The smallest absolute Gasteiger partial charge is 0.337 e. The normalized spacial score (nSPS) is 12.2. The van der Waals surface area contributed by atoms with Gasteiger partial charge in [-0.3, -0.25) is 0 Å². The predicted molar refractivity (Wildman–Crippen MR) is 69.0 cm³/mol. The molecule has 0 radical (unpaired) electrons. The van der Waals surface area contributed by atoms with Gasteiger partial charge in [0.15, 0.2) is 0 Å². The molecule has 1 aromatic carbocycles. The molecule has 0 saturated carbocycles. The zero-order chi connectivity index (χ0) is 13.7. The molecule has 1 rings (SSSR count). The second kappa shape index (κ2) is 6.23. The van der Waals surface area contributed by atoms with Crippen molar-refractivity contribution in [2.75, 3.05) is 37.9 Å². The summed E-state index contributed by atoms with van der Waals surface area (Å²) in [5.41, 5.74) is 6.62. The number of rotatable bonds is 6. The minimum Gasteiger partial charge on any atom is -0.478 e. The van der Waals surface area contributed by atoms with Crippen molar-refractivity contribution in [3.8, 4) is 0 Å². The van der Waals surface area contributed by atoms with Gasteiger partial charge in [0.2, 0.25) is 0 Å². The molecule has 0 aromatic heterocycles. The lowest BCUT2D eigenvalue weighted by atomic mass is 10.1. The summed E-state index contributed by atoms with van der Waals surface area (Å²) >= 11 is 0. The number of hydrogen-bond acceptors (Lipinski definition) is 5. The number of nitrogen functional groups attached to an aromatic ring is 1. The van der Waals surface area contributed by atoms with Crippen molar-refractivity contribution in [1.82, 2.24) is 0 Å². The van der Waals surface area contributed by atoms with Gasteiger partial charge in [-0.1, -0.05) is 6.07 Å². The molecule has 1 unspecified atom stereocenters. The third-order valence-corrected chi connectivity index (χ3v) is 2.57. The number of carbonyl (C=O) groups is 1. The Bertz CT molecular complexity index is 423. The number of ether oxygens (including phenoxy) is 1. The highest BCUT2D eigenvalue weighted by atomic mass is 16.5. The van der Waals surface area contributed by atoms with E-state index in [1.807, 2.05) is 0 Å². The minimum absolute atomic E-state index is 0.0561. The number of anilines is 2. The number of aromatic carboxylic acids is 1. The van der Waals surface area contributed by atoms with Crippen LogP contribution in [0, 0.1) is 0 Å². The lowest BCUT2D eigenvalue weighted by Gasteiger charge is -2.24. The summed E-state index contributed by atoms with van der Waals surface area (Å²) in [6.45, 7) is 0.518. The zero-order valence-electron chi connectivity index (χ0n) is 10.5. The van der Waals surface area contributed by atoms with Gasteiger partial charge in [0.1, 0.15) is 0 Å². The van der Waals surface area contributed by atoms with Gasteiger partial charge in [-0.05, 0) is 12.1 Å². The van der Waals surface area contributed by atoms with E-state index < -0.39 is 12.1 Å². The molecule has 100 valence electrons. The van der Waals surface area contributed by atoms with E-state index in [9.17, 15) is 9.90 Å². The van der Waals surface area contributed by atoms with Crippen LogP contribution in [0.5, 0.6) is 0 Å². The van der Waals surface area contributed by atoms with Crippen LogP contribution < -0.4 is 10.6 Å². The van der Waals surface area contributed by atoms with Crippen molar-refractivity contribution < 1.29 is 19.7 Å². The fraction of sp³-hybridized carbons (Fsp3) is 0.417. The quantitative estimate of drug-likeness (QED) is 0.636. The molecule has 1 aromatic rings. The Balaban J connectivity index is 2.89. The fourth-order valence-electron chi connectivity index (χ4n) is 1.73. The Morgan fingerprint density at radius 1 is 1.56 bits per heavy atom. The van der Waals surface area contributed by atoms with Crippen molar-refractivity contribution in [1.29, 1.82) is 0 Å². The third kappa shape index (κ3) is 3.35. The molecule has 0 fully saturated rings. The van der Waals surface area contributed by atoms with E-state index in [-0.39, 0.29) is 17.9 Å². The number of nitrogens with zero attached hydrogens (tertiary/aromatic N) is 1. The first-order valence-corrected chi connectivity index (χ1v) is 5.47. The molecule has 0 aliphatic rings. The number of benzene rings is 1. The van der Waals surface area contributed by atoms with Crippen LogP contribution in [0.1, 0.15) is 10.4 Å². The van der Waals surface area contributed by atoms with Gasteiger partial charge in [-0.15, -0.1) is 0 Å². The predicted octanol–water partition coefficient (Wildman–Crippen LogP) is 0.411. The summed E-state index contributed by atoms with van der Waals surface area (Å²) < 4.78 is 4.83. The van der Waals surface area contributed by atoms with Crippen molar-refractivity contribution in [3.05, 3.63) is 23.8 Å². The van der Waals surface area contributed by atoms with Gasteiger partial charge in [0.05, 0.1) is 29.6 Å². The first kappa shape index (κ1) is 14.3.